The number of ether oxygens (including phenoxy) is 1. The fourth-order valence-electron chi connectivity index (χ4n) is 4.34. The predicted octanol–water partition coefficient (Wildman–Crippen LogP) is 3.25. The lowest BCUT2D eigenvalue weighted by atomic mass is 10.2. The van der Waals surface area contributed by atoms with E-state index in [-0.39, 0.29) is 0 Å². The van der Waals surface area contributed by atoms with Gasteiger partial charge in [-0.1, -0.05) is 48.3 Å². The van der Waals surface area contributed by atoms with Crippen LogP contribution in [0.2, 0.25) is 0 Å². The first-order valence-corrected chi connectivity index (χ1v) is 10.8. The third kappa shape index (κ3) is 5.40. The van der Waals surface area contributed by atoms with Gasteiger partial charge < -0.3 is 9.26 Å². The highest BCUT2D eigenvalue weighted by molar-refractivity contribution is 5.53. The molecule has 0 radical (unpaired) electrons. The van der Waals surface area contributed by atoms with Crippen LogP contribution in [0.15, 0.2) is 34.9 Å². The van der Waals surface area contributed by atoms with Crippen LogP contribution in [0, 0.1) is 0 Å². The zero-order valence-corrected chi connectivity index (χ0v) is 16.8. The Kier molecular flexibility index (Phi) is 7.08. The molecule has 1 aliphatic carbocycles. The van der Waals surface area contributed by atoms with E-state index in [1.165, 1.54) is 25.7 Å². The molecule has 0 amide bonds. The minimum atomic E-state index is 0.690. The summed E-state index contributed by atoms with van der Waals surface area (Å²) < 4.78 is 11.0. The first-order chi connectivity index (χ1) is 13.9. The summed E-state index contributed by atoms with van der Waals surface area (Å²) in [5, 5.41) is 4.14. The molecule has 28 heavy (non-hydrogen) atoms. The summed E-state index contributed by atoms with van der Waals surface area (Å²) in [6.45, 7) is 7.32. The standard InChI is InChI=1S/C22H32N4O2/c1-2-7-19(8-3-1)22-23-21(28-24-22)11-6-12-26(20-9-4-5-10-20)14-13-25-15-17-27-18-16-25/h1-3,7-8,20H,4-6,9-18H2. The molecule has 1 aromatic carbocycles. The van der Waals surface area contributed by atoms with Crippen LogP contribution in [0.3, 0.4) is 0 Å². The molecule has 0 unspecified atom stereocenters. The van der Waals surface area contributed by atoms with Gasteiger partial charge in [0.25, 0.3) is 0 Å². The smallest absolute Gasteiger partial charge is 0.227 e. The molecule has 2 aromatic rings. The molecule has 6 nitrogen and oxygen atoms in total. The zero-order valence-electron chi connectivity index (χ0n) is 16.8. The van der Waals surface area contributed by atoms with Gasteiger partial charge in [0, 0.05) is 44.2 Å². The molecule has 1 aromatic heterocycles. The van der Waals surface area contributed by atoms with E-state index in [1.807, 2.05) is 30.3 Å². The van der Waals surface area contributed by atoms with Crippen LogP contribution < -0.4 is 0 Å². The Labute approximate surface area is 167 Å². The number of morpholine rings is 1. The second kappa shape index (κ2) is 10.1. The molecule has 0 atom stereocenters. The Morgan fingerprint density at radius 1 is 1.04 bits per heavy atom. The van der Waals surface area contributed by atoms with Gasteiger partial charge >= 0.3 is 0 Å². The highest BCUT2D eigenvalue weighted by atomic mass is 16.5. The molecule has 0 N–H and O–H groups in total. The van der Waals surface area contributed by atoms with E-state index < -0.39 is 0 Å². The molecular weight excluding hydrogens is 352 g/mol. The number of aromatic nitrogens is 2. The number of aryl methyl sites for hydroxylation is 1. The predicted molar refractivity (Wildman–Crippen MR) is 109 cm³/mol. The van der Waals surface area contributed by atoms with Gasteiger partial charge in [-0.15, -0.1) is 0 Å². The van der Waals surface area contributed by atoms with Crippen LogP contribution in [0.4, 0.5) is 0 Å². The fourth-order valence-corrected chi connectivity index (χ4v) is 4.34. The molecule has 1 saturated carbocycles. The topological polar surface area (TPSA) is 54.6 Å². The van der Waals surface area contributed by atoms with Crippen LogP contribution in [0.5, 0.6) is 0 Å². The normalized spacial score (nSPS) is 18.9. The quantitative estimate of drug-likeness (QED) is 0.662. The average molecular weight is 385 g/mol. The number of rotatable bonds is 9. The van der Waals surface area contributed by atoms with Crippen LogP contribution in [0.25, 0.3) is 11.4 Å². The maximum atomic E-state index is 5.48. The summed E-state index contributed by atoms with van der Waals surface area (Å²) in [4.78, 5) is 9.82. The molecule has 1 saturated heterocycles. The monoisotopic (exact) mass is 384 g/mol. The van der Waals surface area contributed by atoms with Crippen molar-refractivity contribution in [2.24, 2.45) is 0 Å². The molecule has 6 heteroatoms. The fraction of sp³-hybridized carbons (Fsp3) is 0.636. The summed E-state index contributed by atoms with van der Waals surface area (Å²) in [6.07, 6.45) is 7.37. The van der Waals surface area contributed by atoms with Gasteiger partial charge in [0.2, 0.25) is 11.7 Å². The number of hydrogen-bond acceptors (Lipinski definition) is 6. The minimum absolute atomic E-state index is 0.690. The second-order valence-electron chi connectivity index (χ2n) is 7.91. The summed E-state index contributed by atoms with van der Waals surface area (Å²) in [7, 11) is 0. The number of benzene rings is 1. The Morgan fingerprint density at radius 3 is 2.61 bits per heavy atom. The summed E-state index contributed by atoms with van der Waals surface area (Å²) in [5.41, 5.74) is 1.01. The van der Waals surface area contributed by atoms with Crippen molar-refractivity contribution in [2.45, 2.75) is 44.6 Å². The summed E-state index contributed by atoms with van der Waals surface area (Å²) >= 11 is 0. The highest BCUT2D eigenvalue weighted by Crippen LogP contribution is 2.24. The van der Waals surface area contributed by atoms with Crippen molar-refractivity contribution < 1.29 is 9.26 Å². The van der Waals surface area contributed by atoms with E-state index >= 15 is 0 Å². The minimum Gasteiger partial charge on any atom is -0.379 e. The molecule has 2 aliphatic rings. The number of hydrogen-bond donors (Lipinski definition) is 0. The van der Waals surface area contributed by atoms with E-state index in [0.717, 1.165) is 76.3 Å². The lowest BCUT2D eigenvalue weighted by molar-refractivity contribution is 0.0307. The van der Waals surface area contributed by atoms with Gasteiger partial charge in [-0.2, -0.15) is 4.98 Å². The van der Waals surface area contributed by atoms with Crippen LogP contribution in [0.1, 0.15) is 38.0 Å². The maximum Gasteiger partial charge on any atom is 0.227 e. The van der Waals surface area contributed by atoms with E-state index in [9.17, 15) is 0 Å². The van der Waals surface area contributed by atoms with Crippen molar-refractivity contribution in [3.05, 3.63) is 36.2 Å². The molecule has 0 spiro atoms. The van der Waals surface area contributed by atoms with Crippen LogP contribution in [-0.2, 0) is 11.2 Å². The Bertz CT molecular complexity index is 694. The molecule has 4 rings (SSSR count). The van der Waals surface area contributed by atoms with Crippen molar-refractivity contribution in [1.82, 2.24) is 19.9 Å². The molecule has 2 fully saturated rings. The summed E-state index contributed by atoms with van der Waals surface area (Å²) in [6, 6.07) is 10.8. The van der Waals surface area contributed by atoms with Crippen molar-refractivity contribution in [1.29, 1.82) is 0 Å². The molecule has 0 bridgehead atoms. The Balaban J connectivity index is 1.27. The number of nitrogens with zero attached hydrogens (tertiary/aromatic N) is 4. The van der Waals surface area contributed by atoms with E-state index in [4.69, 9.17) is 9.26 Å². The van der Waals surface area contributed by atoms with Gasteiger partial charge in [-0.25, -0.2) is 0 Å². The highest BCUT2D eigenvalue weighted by Gasteiger charge is 2.23. The van der Waals surface area contributed by atoms with Crippen molar-refractivity contribution >= 4 is 0 Å². The van der Waals surface area contributed by atoms with Crippen LogP contribution in [-0.4, -0.2) is 71.9 Å². The van der Waals surface area contributed by atoms with Gasteiger partial charge in [-0.05, 0) is 25.8 Å². The summed E-state index contributed by atoms with van der Waals surface area (Å²) in [5.74, 6) is 1.44. The second-order valence-corrected chi connectivity index (χ2v) is 7.91. The van der Waals surface area contributed by atoms with Crippen molar-refractivity contribution in [3.63, 3.8) is 0 Å². The van der Waals surface area contributed by atoms with Crippen molar-refractivity contribution in [2.75, 3.05) is 45.9 Å². The van der Waals surface area contributed by atoms with E-state index in [2.05, 4.69) is 19.9 Å². The Hall–Kier alpha value is -1.76. The largest absolute Gasteiger partial charge is 0.379 e. The third-order valence-corrected chi connectivity index (χ3v) is 5.98. The zero-order chi connectivity index (χ0) is 19.0. The SMILES string of the molecule is c1ccc(-c2noc(CCCN(CCN3CCOCC3)C3CCCC3)n2)cc1. The molecular formula is C22H32N4O2. The lowest BCUT2D eigenvalue weighted by Gasteiger charge is -2.33. The average Bonchev–Trinajstić information content (AvgIpc) is 3.44. The third-order valence-electron chi connectivity index (χ3n) is 5.98. The van der Waals surface area contributed by atoms with Gasteiger partial charge in [0.15, 0.2) is 0 Å². The lowest BCUT2D eigenvalue weighted by Crippen LogP contribution is -2.44. The van der Waals surface area contributed by atoms with E-state index in [0.29, 0.717) is 5.82 Å². The first-order valence-electron chi connectivity index (χ1n) is 10.8. The van der Waals surface area contributed by atoms with Crippen LogP contribution >= 0.6 is 0 Å². The first kappa shape index (κ1) is 19.6. The molecule has 1 aliphatic heterocycles. The van der Waals surface area contributed by atoms with Crippen molar-refractivity contribution in [3.8, 4) is 11.4 Å². The Morgan fingerprint density at radius 2 is 1.82 bits per heavy atom. The maximum absolute atomic E-state index is 5.48. The molecule has 152 valence electrons. The molecule has 2 heterocycles. The van der Waals surface area contributed by atoms with E-state index in [1.54, 1.807) is 0 Å². The van der Waals surface area contributed by atoms with Gasteiger partial charge in [-0.3, -0.25) is 9.80 Å². The van der Waals surface area contributed by atoms with Gasteiger partial charge in [0.1, 0.15) is 0 Å². The van der Waals surface area contributed by atoms with Gasteiger partial charge in [0.05, 0.1) is 13.2 Å².